The minimum atomic E-state index is -3.33. The van der Waals surface area contributed by atoms with Gasteiger partial charge in [0.1, 0.15) is 13.2 Å². The standard InChI is InChI=1S/C36H34FN3O13/c1-23(2)31(42)50-22-40-27(41)15-17-39(33(40)44)30-28(51-34(45)47-19-24-10-5-3-6-11-24)29(52-35(46)48-20-25-12-7-4-8-13-25)36(37,53-30)21-49-32(43)26-14-9-16-38-18-26/h3-18,23,28-30H,19-22H2,1-2H3/t28-,29+,30-,36-/m1/s1. The van der Waals surface area contributed by atoms with Crippen molar-refractivity contribution in [1.29, 1.82) is 0 Å². The van der Waals surface area contributed by atoms with Crippen LogP contribution in [0.5, 0.6) is 0 Å². The first-order valence-electron chi connectivity index (χ1n) is 16.1. The second kappa shape index (κ2) is 17.2. The highest BCUT2D eigenvalue weighted by Gasteiger charge is 2.63. The average molecular weight is 736 g/mol. The third-order valence-electron chi connectivity index (χ3n) is 7.65. The first-order chi connectivity index (χ1) is 25.4. The summed E-state index contributed by atoms with van der Waals surface area (Å²) < 4.78 is 55.4. The molecule has 0 radical (unpaired) electrons. The van der Waals surface area contributed by atoms with Gasteiger partial charge in [-0.15, -0.1) is 0 Å². The van der Waals surface area contributed by atoms with E-state index in [-0.39, 0.29) is 18.8 Å². The van der Waals surface area contributed by atoms with Crippen LogP contribution in [-0.4, -0.2) is 63.0 Å². The molecule has 0 spiro atoms. The zero-order chi connectivity index (χ0) is 38.0. The predicted molar refractivity (Wildman–Crippen MR) is 177 cm³/mol. The molecule has 17 heteroatoms. The third kappa shape index (κ3) is 9.70. The molecule has 1 aliphatic rings. The number of hydrogen-bond acceptors (Lipinski definition) is 14. The van der Waals surface area contributed by atoms with Crippen LogP contribution in [-0.2, 0) is 57.9 Å². The molecule has 0 amide bonds. The van der Waals surface area contributed by atoms with E-state index >= 15 is 4.39 Å². The number of hydrogen-bond donors (Lipinski definition) is 0. The van der Waals surface area contributed by atoms with Crippen LogP contribution in [0, 0.1) is 5.92 Å². The van der Waals surface area contributed by atoms with Crippen molar-refractivity contribution in [3.8, 4) is 0 Å². The van der Waals surface area contributed by atoms with Crippen molar-refractivity contribution >= 4 is 24.2 Å². The molecule has 53 heavy (non-hydrogen) atoms. The van der Waals surface area contributed by atoms with Gasteiger partial charge in [0.25, 0.3) is 11.4 Å². The second-order valence-corrected chi connectivity index (χ2v) is 11.8. The lowest BCUT2D eigenvalue weighted by Crippen LogP contribution is -2.48. The van der Waals surface area contributed by atoms with Gasteiger partial charge in [-0.05, 0) is 23.3 Å². The van der Waals surface area contributed by atoms with E-state index in [2.05, 4.69) is 4.98 Å². The Morgan fingerprint density at radius 2 is 1.45 bits per heavy atom. The number of pyridine rings is 1. The van der Waals surface area contributed by atoms with Gasteiger partial charge < -0.3 is 33.2 Å². The van der Waals surface area contributed by atoms with Gasteiger partial charge in [-0.1, -0.05) is 74.5 Å². The number of ether oxygens (including phenoxy) is 7. The molecule has 0 bridgehead atoms. The highest BCUT2D eigenvalue weighted by molar-refractivity contribution is 5.88. The molecule has 0 N–H and O–H groups in total. The Bertz CT molecular complexity index is 2010. The predicted octanol–water partition coefficient (Wildman–Crippen LogP) is 4.06. The van der Waals surface area contributed by atoms with Crippen molar-refractivity contribution in [2.45, 2.75) is 58.1 Å². The maximum absolute atomic E-state index is 17.2. The van der Waals surface area contributed by atoms with E-state index in [1.807, 2.05) is 0 Å². The molecule has 1 fully saturated rings. The van der Waals surface area contributed by atoms with E-state index in [4.69, 9.17) is 33.2 Å². The summed E-state index contributed by atoms with van der Waals surface area (Å²) in [7, 11) is 0. The van der Waals surface area contributed by atoms with Crippen LogP contribution >= 0.6 is 0 Å². The molecular formula is C36H34FN3O13. The summed E-state index contributed by atoms with van der Waals surface area (Å²) >= 11 is 0. The molecular weight excluding hydrogens is 701 g/mol. The molecule has 0 saturated carbocycles. The van der Waals surface area contributed by atoms with Crippen LogP contribution in [0.4, 0.5) is 14.0 Å². The second-order valence-electron chi connectivity index (χ2n) is 11.8. The zero-order valence-electron chi connectivity index (χ0n) is 28.4. The quantitative estimate of drug-likeness (QED) is 0.141. The summed E-state index contributed by atoms with van der Waals surface area (Å²) in [6.07, 6.45) is -5.74. The minimum absolute atomic E-state index is 0.0677. The van der Waals surface area contributed by atoms with Crippen LogP contribution in [0.2, 0.25) is 0 Å². The molecule has 16 nitrogen and oxygen atoms in total. The van der Waals surface area contributed by atoms with Gasteiger partial charge in [0.2, 0.25) is 6.10 Å². The molecule has 278 valence electrons. The number of benzene rings is 2. The van der Waals surface area contributed by atoms with E-state index in [0.717, 1.165) is 18.5 Å². The van der Waals surface area contributed by atoms with E-state index in [9.17, 15) is 28.8 Å². The monoisotopic (exact) mass is 735 g/mol. The number of carbonyl (C=O) groups is 4. The Morgan fingerprint density at radius 1 is 0.830 bits per heavy atom. The molecule has 3 heterocycles. The maximum atomic E-state index is 17.2. The van der Waals surface area contributed by atoms with Crippen LogP contribution < -0.4 is 11.2 Å². The summed E-state index contributed by atoms with van der Waals surface area (Å²) in [5.74, 6) is -5.71. The highest BCUT2D eigenvalue weighted by Crippen LogP contribution is 2.42. The topological polar surface area (TPSA) is 190 Å². The van der Waals surface area contributed by atoms with Gasteiger partial charge in [-0.2, -0.15) is 0 Å². The van der Waals surface area contributed by atoms with Crippen molar-refractivity contribution in [3.05, 3.63) is 135 Å². The number of carbonyl (C=O) groups excluding carboxylic acids is 4. The Balaban J connectivity index is 1.50. The van der Waals surface area contributed by atoms with Crippen molar-refractivity contribution < 1.29 is 56.7 Å². The first-order valence-corrected chi connectivity index (χ1v) is 16.1. The van der Waals surface area contributed by atoms with E-state index in [1.54, 1.807) is 60.7 Å². The average Bonchev–Trinajstić information content (AvgIpc) is 3.42. The molecule has 1 aliphatic heterocycles. The first kappa shape index (κ1) is 37.9. The number of halogens is 1. The molecule has 2 aromatic heterocycles. The highest BCUT2D eigenvalue weighted by atomic mass is 19.2. The molecule has 5 rings (SSSR count). The van der Waals surface area contributed by atoms with Gasteiger partial charge >= 0.3 is 29.9 Å². The van der Waals surface area contributed by atoms with Crippen LogP contribution in [0.25, 0.3) is 0 Å². The summed E-state index contributed by atoms with van der Waals surface area (Å²) in [5, 5.41) is 0. The van der Waals surface area contributed by atoms with Crippen molar-refractivity contribution in [3.63, 3.8) is 0 Å². The molecule has 4 aromatic rings. The van der Waals surface area contributed by atoms with E-state index in [1.165, 1.54) is 32.2 Å². The lowest BCUT2D eigenvalue weighted by atomic mass is 10.1. The van der Waals surface area contributed by atoms with Gasteiger partial charge in [0, 0.05) is 24.7 Å². The molecule has 0 aliphatic carbocycles. The number of aromatic nitrogens is 3. The lowest BCUT2D eigenvalue weighted by molar-refractivity contribution is -0.210. The summed E-state index contributed by atoms with van der Waals surface area (Å²) in [6, 6.07) is 20.5. The third-order valence-corrected chi connectivity index (χ3v) is 7.65. The molecule has 1 saturated heterocycles. The Labute approximate surface area is 300 Å². The fourth-order valence-electron chi connectivity index (χ4n) is 4.92. The van der Waals surface area contributed by atoms with Crippen LogP contribution in [0.1, 0.15) is 41.6 Å². The van der Waals surface area contributed by atoms with Gasteiger partial charge in [-0.25, -0.2) is 28.1 Å². The van der Waals surface area contributed by atoms with E-state index < -0.39 is 79.0 Å². The molecule has 0 unspecified atom stereocenters. The van der Waals surface area contributed by atoms with Gasteiger partial charge in [-0.3, -0.25) is 19.1 Å². The summed E-state index contributed by atoms with van der Waals surface area (Å²) in [6.45, 7) is 0.364. The minimum Gasteiger partial charge on any atom is -0.456 e. The van der Waals surface area contributed by atoms with Crippen molar-refractivity contribution in [2.24, 2.45) is 5.92 Å². The molecule has 4 atom stereocenters. The molecule has 2 aromatic carbocycles. The zero-order valence-corrected chi connectivity index (χ0v) is 28.4. The number of nitrogens with zero attached hydrogens (tertiary/aromatic N) is 3. The van der Waals surface area contributed by atoms with Gasteiger partial charge in [0.15, 0.2) is 25.7 Å². The summed E-state index contributed by atoms with van der Waals surface area (Å²) in [4.78, 5) is 81.3. The Hall–Kier alpha value is -6.36. The van der Waals surface area contributed by atoms with Crippen LogP contribution in [0.3, 0.4) is 0 Å². The van der Waals surface area contributed by atoms with E-state index in [0.29, 0.717) is 20.3 Å². The number of esters is 2. The Morgan fingerprint density at radius 3 is 2.04 bits per heavy atom. The fraction of sp³-hybridized carbons (Fsp3) is 0.306. The SMILES string of the molecule is CC(C)C(=O)OCn1c(=O)ccn([C@@H]2O[C@](F)(COC(=O)c3cccnc3)[C@@H](OC(=O)OCc3ccccc3)[C@H]2OC(=O)OCc2ccccc2)c1=O. The lowest BCUT2D eigenvalue weighted by Gasteiger charge is -2.26. The maximum Gasteiger partial charge on any atom is 0.509 e. The van der Waals surface area contributed by atoms with Crippen molar-refractivity contribution in [2.75, 3.05) is 6.61 Å². The normalized spacial score (nSPS) is 19.2. The smallest absolute Gasteiger partial charge is 0.456 e. The number of rotatable bonds is 13. The Kier molecular flexibility index (Phi) is 12.3. The summed E-state index contributed by atoms with van der Waals surface area (Å²) in [5.41, 5.74) is -1.07. The fourth-order valence-corrected chi connectivity index (χ4v) is 4.92. The van der Waals surface area contributed by atoms with Crippen LogP contribution in [0.15, 0.2) is 107 Å². The largest absolute Gasteiger partial charge is 0.509 e. The number of alkyl halides is 1. The van der Waals surface area contributed by atoms with Gasteiger partial charge in [0.05, 0.1) is 11.5 Å². The van der Waals surface area contributed by atoms with Crippen molar-refractivity contribution in [1.82, 2.24) is 14.1 Å².